The third kappa shape index (κ3) is 6.72. The van der Waals surface area contributed by atoms with Crippen molar-refractivity contribution >= 4 is 23.3 Å². The van der Waals surface area contributed by atoms with E-state index in [2.05, 4.69) is 54.6 Å². The van der Waals surface area contributed by atoms with Crippen molar-refractivity contribution in [2.45, 2.75) is 19.6 Å². The third-order valence-corrected chi connectivity index (χ3v) is 5.59. The van der Waals surface area contributed by atoms with Crippen molar-refractivity contribution in [3.8, 4) is 6.01 Å². The highest BCUT2D eigenvalue weighted by atomic mass is 19.4. The standard InChI is InChI=1S/C24H28F3N7O/c1-3-35-23-31-21(30-22(32-23)29-19-6-4-5-18(15-19)24(25,26)27)28-16-17-7-9-20(10-8-17)34-13-11-33(2)12-14-34/h4-10,15H,3,11-14,16H2,1-2H3,(H2,28,29,30,31,32). The molecular formula is C24H28F3N7O. The van der Waals surface area contributed by atoms with Gasteiger partial charge in [-0.3, -0.25) is 0 Å². The first-order valence-corrected chi connectivity index (χ1v) is 11.4. The van der Waals surface area contributed by atoms with Crippen molar-refractivity contribution in [1.82, 2.24) is 19.9 Å². The molecule has 35 heavy (non-hydrogen) atoms. The Labute approximate surface area is 202 Å². The summed E-state index contributed by atoms with van der Waals surface area (Å²) >= 11 is 0. The largest absolute Gasteiger partial charge is 0.464 e. The van der Waals surface area contributed by atoms with Gasteiger partial charge in [-0.1, -0.05) is 18.2 Å². The molecule has 2 aromatic carbocycles. The first-order chi connectivity index (χ1) is 16.8. The topological polar surface area (TPSA) is 78.4 Å². The zero-order valence-corrected chi connectivity index (χ0v) is 19.6. The van der Waals surface area contributed by atoms with Crippen molar-refractivity contribution in [2.75, 3.05) is 55.4 Å². The van der Waals surface area contributed by atoms with Gasteiger partial charge in [0.1, 0.15) is 0 Å². The number of anilines is 4. The first kappa shape index (κ1) is 24.5. The molecule has 0 aliphatic carbocycles. The molecule has 11 heteroatoms. The minimum Gasteiger partial charge on any atom is -0.464 e. The monoisotopic (exact) mass is 487 g/mol. The van der Waals surface area contributed by atoms with Crippen molar-refractivity contribution in [2.24, 2.45) is 0 Å². The number of ether oxygens (including phenoxy) is 1. The van der Waals surface area contributed by atoms with Gasteiger partial charge in [0.05, 0.1) is 12.2 Å². The van der Waals surface area contributed by atoms with Gasteiger partial charge < -0.3 is 25.2 Å². The number of aromatic nitrogens is 3. The zero-order valence-electron chi connectivity index (χ0n) is 19.6. The zero-order chi connectivity index (χ0) is 24.8. The second kappa shape index (κ2) is 10.8. The van der Waals surface area contributed by atoms with Gasteiger partial charge >= 0.3 is 12.2 Å². The summed E-state index contributed by atoms with van der Waals surface area (Å²) in [5.41, 5.74) is 1.67. The Bertz CT molecular complexity index is 1120. The Hall–Kier alpha value is -3.60. The summed E-state index contributed by atoms with van der Waals surface area (Å²) in [5.74, 6) is 0.330. The molecule has 0 bridgehead atoms. The number of halogens is 3. The number of nitrogens with zero attached hydrogens (tertiary/aromatic N) is 5. The molecule has 1 aliphatic heterocycles. The summed E-state index contributed by atoms with van der Waals surface area (Å²) in [7, 11) is 2.13. The number of hydrogen-bond donors (Lipinski definition) is 2. The maximum atomic E-state index is 13.0. The molecule has 1 aromatic heterocycles. The average Bonchev–Trinajstić information content (AvgIpc) is 2.83. The highest BCUT2D eigenvalue weighted by Crippen LogP contribution is 2.31. The number of nitrogens with one attached hydrogen (secondary N) is 2. The predicted molar refractivity (Wildman–Crippen MR) is 129 cm³/mol. The Kier molecular flexibility index (Phi) is 7.54. The van der Waals surface area contributed by atoms with Crippen LogP contribution in [0.2, 0.25) is 0 Å². The number of alkyl halides is 3. The predicted octanol–water partition coefficient (Wildman–Crippen LogP) is 4.40. The molecule has 0 radical (unpaired) electrons. The molecule has 2 N–H and O–H groups in total. The van der Waals surface area contributed by atoms with Crippen molar-refractivity contribution < 1.29 is 17.9 Å². The van der Waals surface area contributed by atoms with E-state index in [9.17, 15) is 13.2 Å². The lowest BCUT2D eigenvalue weighted by molar-refractivity contribution is -0.137. The van der Waals surface area contributed by atoms with E-state index in [0.717, 1.165) is 43.9 Å². The smallest absolute Gasteiger partial charge is 0.416 e. The van der Waals surface area contributed by atoms with Crippen LogP contribution in [0.1, 0.15) is 18.1 Å². The highest BCUT2D eigenvalue weighted by molar-refractivity contribution is 5.56. The number of likely N-dealkylation sites (N-methyl/N-ethyl adjacent to an activating group) is 1. The maximum Gasteiger partial charge on any atom is 0.416 e. The lowest BCUT2D eigenvalue weighted by Crippen LogP contribution is -2.44. The summed E-state index contributed by atoms with van der Waals surface area (Å²) < 4.78 is 44.5. The number of rotatable bonds is 8. The quantitative estimate of drug-likeness (QED) is 0.484. The van der Waals surface area contributed by atoms with Crippen LogP contribution in [0.25, 0.3) is 0 Å². The van der Waals surface area contributed by atoms with Gasteiger partial charge in [0.2, 0.25) is 11.9 Å². The highest BCUT2D eigenvalue weighted by Gasteiger charge is 2.30. The summed E-state index contributed by atoms with van der Waals surface area (Å²) in [6, 6.07) is 13.2. The molecule has 1 aliphatic rings. The van der Waals surface area contributed by atoms with Crippen LogP contribution in [-0.2, 0) is 12.7 Å². The normalized spacial score (nSPS) is 14.6. The average molecular weight is 488 g/mol. The van der Waals surface area contributed by atoms with E-state index in [4.69, 9.17) is 4.74 Å². The molecule has 8 nitrogen and oxygen atoms in total. The van der Waals surface area contributed by atoms with Gasteiger partial charge in [-0.15, -0.1) is 0 Å². The molecule has 186 valence electrons. The van der Waals surface area contributed by atoms with Crippen LogP contribution in [0.4, 0.5) is 36.4 Å². The van der Waals surface area contributed by atoms with E-state index >= 15 is 0 Å². The minimum absolute atomic E-state index is 0.0740. The van der Waals surface area contributed by atoms with Gasteiger partial charge in [-0.2, -0.15) is 28.1 Å². The van der Waals surface area contributed by atoms with Crippen LogP contribution >= 0.6 is 0 Å². The van der Waals surface area contributed by atoms with Crippen molar-refractivity contribution in [3.63, 3.8) is 0 Å². The first-order valence-electron chi connectivity index (χ1n) is 11.4. The Morgan fingerprint density at radius 2 is 1.66 bits per heavy atom. The Balaban J connectivity index is 1.44. The molecule has 2 heterocycles. The van der Waals surface area contributed by atoms with Crippen LogP contribution in [-0.4, -0.2) is 59.7 Å². The molecule has 0 saturated carbocycles. The van der Waals surface area contributed by atoms with E-state index in [1.807, 2.05) is 12.1 Å². The molecule has 0 atom stereocenters. The van der Waals surface area contributed by atoms with E-state index in [-0.39, 0.29) is 23.6 Å². The fourth-order valence-corrected chi connectivity index (χ4v) is 3.66. The van der Waals surface area contributed by atoms with E-state index < -0.39 is 11.7 Å². The van der Waals surface area contributed by atoms with Gasteiger partial charge in [-0.05, 0) is 49.9 Å². The molecular weight excluding hydrogens is 459 g/mol. The van der Waals surface area contributed by atoms with Gasteiger partial charge in [0.25, 0.3) is 0 Å². The SMILES string of the molecule is CCOc1nc(NCc2ccc(N3CCN(C)CC3)cc2)nc(Nc2cccc(C(F)(F)F)c2)n1. The lowest BCUT2D eigenvalue weighted by atomic mass is 10.2. The third-order valence-electron chi connectivity index (χ3n) is 5.59. The van der Waals surface area contributed by atoms with E-state index in [1.165, 1.54) is 17.8 Å². The van der Waals surface area contributed by atoms with Gasteiger partial charge in [0, 0.05) is 44.1 Å². The molecule has 3 aromatic rings. The Morgan fingerprint density at radius 3 is 2.34 bits per heavy atom. The summed E-state index contributed by atoms with van der Waals surface area (Å²) in [6.07, 6.45) is -4.44. The number of piperazine rings is 1. The molecule has 1 saturated heterocycles. The Morgan fingerprint density at radius 1 is 0.943 bits per heavy atom. The van der Waals surface area contributed by atoms with Crippen LogP contribution in [0.5, 0.6) is 6.01 Å². The molecule has 0 unspecified atom stereocenters. The van der Waals surface area contributed by atoms with Crippen LogP contribution in [0.15, 0.2) is 48.5 Å². The lowest BCUT2D eigenvalue weighted by Gasteiger charge is -2.34. The van der Waals surface area contributed by atoms with Gasteiger partial charge in [-0.25, -0.2) is 0 Å². The fraction of sp³-hybridized carbons (Fsp3) is 0.375. The van der Waals surface area contributed by atoms with Crippen molar-refractivity contribution in [1.29, 1.82) is 0 Å². The second-order valence-electron chi connectivity index (χ2n) is 8.21. The van der Waals surface area contributed by atoms with Crippen LogP contribution in [0, 0.1) is 0 Å². The van der Waals surface area contributed by atoms with Gasteiger partial charge in [0.15, 0.2) is 0 Å². The van der Waals surface area contributed by atoms with Crippen molar-refractivity contribution in [3.05, 3.63) is 59.7 Å². The number of hydrogen-bond acceptors (Lipinski definition) is 8. The minimum atomic E-state index is -4.44. The molecule has 0 amide bonds. The van der Waals surface area contributed by atoms with Crippen LogP contribution < -0.4 is 20.3 Å². The summed E-state index contributed by atoms with van der Waals surface area (Å²) in [5, 5.41) is 5.95. The fourth-order valence-electron chi connectivity index (χ4n) is 3.66. The van der Waals surface area contributed by atoms with E-state index in [1.54, 1.807) is 6.92 Å². The summed E-state index contributed by atoms with van der Waals surface area (Å²) in [6.45, 7) is 6.67. The molecule has 4 rings (SSSR count). The van der Waals surface area contributed by atoms with Crippen LogP contribution in [0.3, 0.4) is 0 Å². The second-order valence-corrected chi connectivity index (χ2v) is 8.21. The number of benzene rings is 2. The maximum absolute atomic E-state index is 13.0. The molecule has 1 fully saturated rings. The van der Waals surface area contributed by atoms with E-state index in [0.29, 0.717) is 13.2 Å². The molecule has 0 spiro atoms. The summed E-state index contributed by atoms with van der Waals surface area (Å²) in [4.78, 5) is 17.4.